The van der Waals surface area contributed by atoms with E-state index in [0.29, 0.717) is 6.04 Å². The molecule has 0 aliphatic carbocycles. The van der Waals surface area contributed by atoms with Gasteiger partial charge in [-0.1, -0.05) is 0 Å². The van der Waals surface area contributed by atoms with Crippen molar-refractivity contribution >= 4 is 27.3 Å². The van der Waals surface area contributed by atoms with E-state index in [0.717, 1.165) is 22.4 Å². The van der Waals surface area contributed by atoms with E-state index in [2.05, 4.69) is 33.1 Å². The van der Waals surface area contributed by atoms with Crippen LogP contribution in [0.4, 0.5) is 11.4 Å². The summed E-state index contributed by atoms with van der Waals surface area (Å²) in [5.41, 5.74) is 7.62. The fraction of sp³-hybridized carbons (Fsp3) is 0.538. The molecule has 1 aromatic rings. The van der Waals surface area contributed by atoms with Crippen LogP contribution >= 0.6 is 15.9 Å². The number of likely N-dealkylation sites (tertiary alicyclic amines) is 1. The molecule has 0 aromatic heterocycles. The number of nitrogens with zero attached hydrogens (tertiary/aromatic N) is 1. The first-order valence-corrected chi connectivity index (χ1v) is 6.99. The number of halogens is 1. The van der Waals surface area contributed by atoms with Crippen LogP contribution in [0.1, 0.15) is 19.8 Å². The molecule has 1 atom stereocenters. The normalized spacial score (nSPS) is 18.2. The number of anilines is 2. The van der Waals surface area contributed by atoms with Crippen molar-refractivity contribution in [2.24, 2.45) is 0 Å². The molecule has 3 N–H and O–H groups in total. The second-order valence-electron chi connectivity index (χ2n) is 4.71. The van der Waals surface area contributed by atoms with Gasteiger partial charge in [-0.25, -0.2) is 0 Å². The molecule has 1 unspecified atom stereocenters. The maximum Gasteiger partial charge on any atom is 0.0486 e. The first kappa shape index (κ1) is 12.7. The van der Waals surface area contributed by atoms with Gasteiger partial charge in [0.15, 0.2) is 0 Å². The van der Waals surface area contributed by atoms with Crippen molar-refractivity contribution in [3.8, 4) is 0 Å². The first-order valence-electron chi connectivity index (χ1n) is 6.20. The van der Waals surface area contributed by atoms with Gasteiger partial charge in [-0.05, 0) is 67.0 Å². The number of nitrogens with two attached hydrogens (primary N) is 1. The fourth-order valence-corrected chi connectivity index (χ4v) is 2.78. The monoisotopic (exact) mass is 297 g/mol. The molecule has 1 heterocycles. The molecule has 1 aliphatic rings. The minimum atomic E-state index is 0.585. The molecule has 4 heteroatoms. The Labute approximate surface area is 111 Å². The summed E-state index contributed by atoms with van der Waals surface area (Å²) in [6.07, 6.45) is 2.69. The number of hydrogen-bond acceptors (Lipinski definition) is 3. The third-order valence-corrected chi connectivity index (χ3v) is 4.00. The largest absolute Gasteiger partial charge is 0.399 e. The van der Waals surface area contributed by atoms with Crippen LogP contribution in [0.5, 0.6) is 0 Å². The van der Waals surface area contributed by atoms with Crippen molar-refractivity contribution in [2.75, 3.05) is 30.7 Å². The maximum absolute atomic E-state index is 5.72. The highest BCUT2D eigenvalue weighted by Crippen LogP contribution is 2.24. The molecule has 1 aliphatic heterocycles. The van der Waals surface area contributed by atoms with Crippen molar-refractivity contribution in [3.63, 3.8) is 0 Å². The maximum atomic E-state index is 5.72. The molecular formula is C13H20BrN3. The van der Waals surface area contributed by atoms with E-state index in [4.69, 9.17) is 5.73 Å². The zero-order chi connectivity index (χ0) is 12.3. The number of benzene rings is 1. The average Bonchev–Trinajstić information content (AvgIpc) is 2.81. The summed E-state index contributed by atoms with van der Waals surface area (Å²) in [4.78, 5) is 2.54. The summed E-state index contributed by atoms with van der Waals surface area (Å²) in [6, 6.07) is 6.47. The highest BCUT2D eigenvalue weighted by atomic mass is 79.9. The van der Waals surface area contributed by atoms with Gasteiger partial charge in [0.2, 0.25) is 0 Å². The van der Waals surface area contributed by atoms with E-state index >= 15 is 0 Å². The van der Waals surface area contributed by atoms with Crippen LogP contribution < -0.4 is 11.1 Å². The highest BCUT2D eigenvalue weighted by molar-refractivity contribution is 9.10. The lowest BCUT2D eigenvalue weighted by Crippen LogP contribution is -2.35. The molecule has 0 amide bonds. The summed E-state index contributed by atoms with van der Waals surface area (Å²) in [5, 5.41) is 3.47. The zero-order valence-corrected chi connectivity index (χ0v) is 11.8. The number of nitrogens with one attached hydrogen (secondary N) is 1. The van der Waals surface area contributed by atoms with Gasteiger partial charge >= 0.3 is 0 Å². The topological polar surface area (TPSA) is 41.3 Å². The van der Waals surface area contributed by atoms with Crippen LogP contribution in [0, 0.1) is 0 Å². The Bertz CT molecular complexity index is 375. The zero-order valence-electron chi connectivity index (χ0n) is 10.2. The second-order valence-corrected chi connectivity index (χ2v) is 5.57. The van der Waals surface area contributed by atoms with Crippen molar-refractivity contribution in [2.45, 2.75) is 25.8 Å². The van der Waals surface area contributed by atoms with Gasteiger partial charge in [-0.2, -0.15) is 0 Å². The van der Waals surface area contributed by atoms with Crippen LogP contribution in [0.3, 0.4) is 0 Å². The molecule has 1 aromatic carbocycles. The Morgan fingerprint density at radius 3 is 2.76 bits per heavy atom. The van der Waals surface area contributed by atoms with Crippen LogP contribution in [0.25, 0.3) is 0 Å². The van der Waals surface area contributed by atoms with Crippen molar-refractivity contribution in [3.05, 3.63) is 22.7 Å². The molecule has 0 spiro atoms. The van der Waals surface area contributed by atoms with E-state index in [1.54, 1.807) is 0 Å². The third-order valence-electron chi connectivity index (χ3n) is 3.35. The second kappa shape index (κ2) is 5.74. The molecule has 2 rings (SSSR count). The van der Waals surface area contributed by atoms with Crippen LogP contribution in [-0.2, 0) is 0 Å². The Morgan fingerprint density at radius 2 is 2.12 bits per heavy atom. The smallest absolute Gasteiger partial charge is 0.0486 e. The van der Waals surface area contributed by atoms with E-state index in [-0.39, 0.29) is 0 Å². The van der Waals surface area contributed by atoms with Crippen molar-refractivity contribution < 1.29 is 0 Å². The summed E-state index contributed by atoms with van der Waals surface area (Å²) in [6.45, 7) is 5.74. The third kappa shape index (κ3) is 3.36. The molecule has 17 heavy (non-hydrogen) atoms. The molecule has 0 bridgehead atoms. The molecular weight excluding hydrogens is 278 g/mol. The summed E-state index contributed by atoms with van der Waals surface area (Å²) in [5.74, 6) is 0. The van der Waals surface area contributed by atoms with Gasteiger partial charge in [0, 0.05) is 28.4 Å². The SMILES string of the molecule is CC(CNc1ccc(N)cc1Br)N1CCCC1. The average molecular weight is 298 g/mol. The number of rotatable bonds is 4. The van der Waals surface area contributed by atoms with Gasteiger partial charge in [-0.3, -0.25) is 4.90 Å². The predicted octanol–water partition coefficient (Wildman–Crippen LogP) is 2.93. The Hall–Kier alpha value is -0.740. The van der Waals surface area contributed by atoms with Crippen LogP contribution in [0.2, 0.25) is 0 Å². The summed E-state index contributed by atoms with van der Waals surface area (Å²) >= 11 is 3.52. The minimum Gasteiger partial charge on any atom is -0.399 e. The quantitative estimate of drug-likeness (QED) is 0.840. The lowest BCUT2D eigenvalue weighted by molar-refractivity contribution is 0.269. The highest BCUT2D eigenvalue weighted by Gasteiger charge is 2.17. The molecule has 0 radical (unpaired) electrons. The Balaban J connectivity index is 1.88. The molecule has 94 valence electrons. The van der Waals surface area contributed by atoms with Crippen molar-refractivity contribution in [1.29, 1.82) is 0 Å². The molecule has 3 nitrogen and oxygen atoms in total. The van der Waals surface area contributed by atoms with Gasteiger partial charge in [-0.15, -0.1) is 0 Å². The lowest BCUT2D eigenvalue weighted by atomic mass is 10.2. The van der Waals surface area contributed by atoms with E-state index in [1.165, 1.54) is 25.9 Å². The molecule has 0 saturated carbocycles. The fourth-order valence-electron chi connectivity index (χ4n) is 2.24. The van der Waals surface area contributed by atoms with Gasteiger partial charge in [0.1, 0.15) is 0 Å². The lowest BCUT2D eigenvalue weighted by Gasteiger charge is -2.24. The number of hydrogen-bond donors (Lipinski definition) is 2. The van der Waals surface area contributed by atoms with E-state index in [9.17, 15) is 0 Å². The Kier molecular flexibility index (Phi) is 4.29. The minimum absolute atomic E-state index is 0.585. The van der Waals surface area contributed by atoms with Crippen molar-refractivity contribution in [1.82, 2.24) is 4.90 Å². The first-order chi connectivity index (χ1) is 8.16. The van der Waals surface area contributed by atoms with Gasteiger partial charge in [0.05, 0.1) is 0 Å². The summed E-state index contributed by atoms with van der Waals surface area (Å²) < 4.78 is 1.03. The summed E-state index contributed by atoms with van der Waals surface area (Å²) in [7, 11) is 0. The van der Waals surface area contributed by atoms with Gasteiger partial charge in [0.25, 0.3) is 0 Å². The number of nitrogen functional groups attached to an aromatic ring is 1. The van der Waals surface area contributed by atoms with Crippen LogP contribution in [0.15, 0.2) is 22.7 Å². The molecule has 1 saturated heterocycles. The van der Waals surface area contributed by atoms with Gasteiger partial charge < -0.3 is 11.1 Å². The standard InChI is InChI=1S/C13H20BrN3/c1-10(17-6-2-3-7-17)9-16-13-5-4-11(15)8-12(13)14/h4-5,8,10,16H,2-3,6-7,9,15H2,1H3. The van der Waals surface area contributed by atoms with E-state index < -0.39 is 0 Å². The molecule has 1 fully saturated rings. The Morgan fingerprint density at radius 1 is 1.41 bits per heavy atom. The predicted molar refractivity (Wildman–Crippen MR) is 77.3 cm³/mol. The van der Waals surface area contributed by atoms with Crippen LogP contribution in [-0.4, -0.2) is 30.6 Å². The van der Waals surface area contributed by atoms with E-state index in [1.807, 2.05) is 18.2 Å².